The molecule has 10 heavy (non-hydrogen) atoms. The Balaban J connectivity index is 3.53. The Hall–Kier alpha value is -0.550. The smallest absolute Gasteiger partial charge is 0.305 e. The summed E-state index contributed by atoms with van der Waals surface area (Å²) in [4.78, 5) is 20.0. The van der Waals surface area contributed by atoms with Crippen molar-refractivity contribution < 1.29 is 19.8 Å². The van der Waals surface area contributed by atoms with Gasteiger partial charge in [0.05, 0.1) is 12.5 Å². The number of aliphatic carboxylic acids is 1. The van der Waals surface area contributed by atoms with Crippen LogP contribution in [0.1, 0.15) is 12.8 Å². The predicted octanol–water partition coefficient (Wildman–Crippen LogP) is -0.331. The summed E-state index contributed by atoms with van der Waals surface area (Å²) < 4.78 is 0. The number of carboxylic acids is 1. The highest BCUT2D eigenvalue weighted by Gasteiger charge is 2.11. The van der Waals surface area contributed by atoms with Crippen molar-refractivity contribution >= 4 is 23.7 Å². The Bertz CT molecular complexity index is 129. The first-order valence-corrected chi connectivity index (χ1v) is 3.08. The summed E-state index contributed by atoms with van der Waals surface area (Å²) in [5, 5.41) is 16.3. The number of carbonyl (C=O) groups excluding carboxylic acids is 1. The average molecular weight is 164 g/mol. The fourth-order valence-corrected chi connectivity index (χ4v) is 0.686. The van der Waals surface area contributed by atoms with E-state index < -0.39 is 23.6 Å². The van der Waals surface area contributed by atoms with Crippen molar-refractivity contribution in [2.75, 3.05) is 0 Å². The molecule has 0 aliphatic carbocycles. The van der Waals surface area contributed by atoms with Crippen molar-refractivity contribution in [1.82, 2.24) is 0 Å². The van der Waals surface area contributed by atoms with Gasteiger partial charge in [0.2, 0.25) is 0 Å². The van der Waals surface area contributed by atoms with Crippen LogP contribution in [0.5, 0.6) is 0 Å². The van der Waals surface area contributed by atoms with E-state index >= 15 is 0 Å². The van der Waals surface area contributed by atoms with Gasteiger partial charge in [0, 0.05) is 6.42 Å². The molecule has 0 aromatic rings. The van der Waals surface area contributed by atoms with E-state index in [4.69, 9.17) is 10.2 Å². The molecule has 0 heterocycles. The molecule has 1 unspecified atom stereocenters. The Kier molecular flexibility index (Phi) is 4.06. The number of hydrogen-bond acceptors (Lipinski definition) is 3. The number of aliphatic hydroxyl groups excluding tert-OH is 1. The summed E-state index contributed by atoms with van der Waals surface area (Å²) in [6, 6.07) is 0. The molecule has 0 radical (unpaired) electrons. The van der Waals surface area contributed by atoms with Gasteiger partial charge in [-0.15, -0.1) is 12.6 Å². The van der Waals surface area contributed by atoms with Crippen LogP contribution in [0, 0.1) is 0 Å². The van der Waals surface area contributed by atoms with Gasteiger partial charge in [-0.25, -0.2) is 0 Å². The lowest BCUT2D eigenvalue weighted by Crippen LogP contribution is -2.14. The van der Waals surface area contributed by atoms with Crippen molar-refractivity contribution in [3.63, 3.8) is 0 Å². The molecule has 0 saturated heterocycles. The van der Waals surface area contributed by atoms with E-state index in [2.05, 4.69) is 12.6 Å². The number of aliphatic hydroxyl groups is 1. The van der Waals surface area contributed by atoms with Crippen LogP contribution in [0.25, 0.3) is 0 Å². The summed E-state index contributed by atoms with van der Waals surface area (Å²) in [7, 11) is 0. The second kappa shape index (κ2) is 4.29. The number of thiol groups is 1. The van der Waals surface area contributed by atoms with Gasteiger partial charge in [-0.3, -0.25) is 9.59 Å². The van der Waals surface area contributed by atoms with Gasteiger partial charge in [-0.2, -0.15) is 0 Å². The Labute approximate surface area is 63.3 Å². The SMILES string of the molecule is O=C(O)CC(O)CC(=O)S. The first-order valence-electron chi connectivity index (χ1n) is 2.64. The van der Waals surface area contributed by atoms with E-state index in [1.54, 1.807) is 0 Å². The van der Waals surface area contributed by atoms with E-state index in [-0.39, 0.29) is 6.42 Å². The van der Waals surface area contributed by atoms with Crippen LogP contribution in [0.2, 0.25) is 0 Å². The molecule has 0 aromatic heterocycles. The number of carboxylic acid groups (broad SMARTS) is 1. The van der Waals surface area contributed by atoms with Crippen LogP contribution in [0.4, 0.5) is 0 Å². The van der Waals surface area contributed by atoms with E-state index in [0.717, 1.165) is 0 Å². The lowest BCUT2D eigenvalue weighted by Gasteiger charge is -2.02. The zero-order valence-electron chi connectivity index (χ0n) is 5.15. The maximum absolute atomic E-state index is 10.1. The van der Waals surface area contributed by atoms with Crippen LogP contribution < -0.4 is 0 Å². The normalized spacial score (nSPS) is 12.6. The van der Waals surface area contributed by atoms with E-state index in [9.17, 15) is 9.59 Å². The molecule has 0 amide bonds. The highest BCUT2D eigenvalue weighted by molar-refractivity contribution is 7.96. The van der Waals surface area contributed by atoms with Crippen LogP contribution in [-0.2, 0) is 9.59 Å². The van der Waals surface area contributed by atoms with Crippen molar-refractivity contribution in [2.24, 2.45) is 0 Å². The molecule has 0 spiro atoms. The maximum Gasteiger partial charge on any atom is 0.305 e. The number of rotatable bonds is 4. The molecule has 2 N–H and O–H groups in total. The van der Waals surface area contributed by atoms with E-state index in [0.29, 0.717) is 0 Å². The first kappa shape index (κ1) is 9.45. The number of hydrogen-bond donors (Lipinski definition) is 3. The molecule has 0 aliphatic rings. The Morgan fingerprint density at radius 1 is 1.40 bits per heavy atom. The molecule has 0 saturated carbocycles. The minimum absolute atomic E-state index is 0.213. The van der Waals surface area contributed by atoms with Gasteiger partial charge in [0.25, 0.3) is 0 Å². The van der Waals surface area contributed by atoms with Crippen molar-refractivity contribution in [3.8, 4) is 0 Å². The third-order valence-electron chi connectivity index (χ3n) is 0.820. The van der Waals surface area contributed by atoms with Crippen LogP contribution in [-0.4, -0.2) is 27.4 Å². The van der Waals surface area contributed by atoms with Crippen LogP contribution in [0.15, 0.2) is 0 Å². The van der Waals surface area contributed by atoms with Gasteiger partial charge in [-0.1, -0.05) is 0 Å². The minimum Gasteiger partial charge on any atom is -0.481 e. The molecule has 58 valence electrons. The van der Waals surface area contributed by atoms with E-state index in [1.165, 1.54) is 0 Å². The third kappa shape index (κ3) is 5.58. The van der Waals surface area contributed by atoms with Gasteiger partial charge in [0.15, 0.2) is 5.12 Å². The Morgan fingerprint density at radius 3 is 2.20 bits per heavy atom. The summed E-state index contributed by atoms with van der Waals surface area (Å²) in [6.45, 7) is 0. The van der Waals surface area contributed by atoms with Gasteiger partial charge in [-0.05, 0) is 0 Å². The van der Waals surface area contributed by atoms with Crippen molar-refractivity contribution in [2.45, 2.75) is 18.9 Å². The van der Waals surface area contributed by atoms with Gasteiger partial charge < -0.3 is 10.2 Å². The third-order valence-corrected chi connectivity index (χ3v) is 1.00. The second-order valence-corrected chi connectivity index (χ2v) is 2.35. The molecule has 0 bridgehead atoms. The maximum atomic E-state index is 10.1. The molecule has 4 nitrogen and oxygen atoms in total. The van der Waals surface area contributed by atoms with Crippen molar-refractivity contribution in [1.29, 1.82) is 0 Å². The molecule has 5 heteroatoms. The average Bonchev–Trinajstić information content (AvgIpc) is 1.58. The molecule has 0 aromatic carbocycles. The van der Waals surface area contributed by atoms with Crippen LogP contribution >= 0.6 is 12.6 Å². The minimum atomic E-state index is -1.12. The fourth-order valence-electron chi connectivity index (χ4n) is 0.475. The predicted molar refractivity (Wildman–Crippen MR) is 36.9 cm³/mol. The largest absolute Gasteiger partial charge is 0.481 e. The highest BCUT2D eigenvalue weighted by atomic mass is 32.1. The van der Waals surface area contributed by atoms with E-state index in [1.807, 2.05) is 0 Å². The molecular formula is C5H8O4S. The monoisotopic (exact) mass is 164 g/mol. The van der Waals surface area contributed by atoms with Crippen molar-refractivity contribution in [3.05, 3.63) is 0 Å². The zero-order valence-corrected chi connectivity index (χ0v) is 6.04. The molecule has 0 aliphatic heterocycles. The number of carbonyl (C=O) groups is 2. The first-order chi connectivity index (χ1) is 4.52. The zero-order chi connectivity index (χ0) is 8.15. The topological polar surface area (TPSA) is 74.6 Å². The molecular weight excluding hydrogens is 156 g/mol. The van der Waals surface area contributed by atoms with Gasteiger partial charge in [0.1, 0.15) is 0 Å². The molecule has 0 fully saturated rings. The lowest BCUT2D eigenvalue weighted by atomic mass is 10.2. The standard InChI is InChI=1S/C5H8O4S/c6-3(1-4(7)8)2-5(9)10/h3,6H,1-2H2,(H,7,8)(H,9,10). The quantitative estimate of drug-likeness (QED) is 0.497. The van der Waals surface area contributed by atoms with Crippen LogP contribution in [0.3, 0.4) is 0 Å². The molecule has 0 rings (SSSR count). The summed E-state index contributed by atoms with van der Waals surface area (Å²) in [5.74, 6) is -1.12. The summed E-state index contributed by atoms with van der Waals surface area (Å²) in [6.07, 6.45) is -1.73. The molecule has 1 atom stereocenters. The lowest BCUT2D eigenvalue weighted by molar-refractivity contribution is -0.139. The van der Waals surface area contributed by atoms with Gasteiger partial charge >= 0.3 is 5.97 Å². The highest BCUT2D eigenvalue weighted by Crippen LogP contribution is 1.99. The Morgan fingerprint density at radius 2 is 1.90 bits per heavy atom. The summed E-state index contributed by atoms with van der Waals surface area (Å²) in [5.41, 5.74) is 0. The fraction of sp³-hybridized carbons (Fsp3) is 0.600. The second-order valence-electron chi connectivity index (χ2n) is 1.85. The summed E-state index contributed by atoms with van der Waals surface area (Å²) >= 11 is 3.37.